The molecule has 1 heterocycles. The van der Waals surface area contributed by atoms with Gasteiger partial charge in [-0.1, -0.05) is 25.3 Å². The zero-order valence-electron chi connectivity index (χ0n) is 17.1. The van der Waals surface area contributed by atoms with Crippen molar-refractivity contribution in [3.05, 3.63) is 22.4 Å². The lowest BCUT2D eigenvalue weighted by atomic mass is 9.73. The van der Waals surface area contributed by atoms with Crippen molar-refractivity contribution >= 4 is 47.2 Å². The molecule has 5 nitrogen and oxygen atoms in total. The van der Waals surface area contributed by atoms with Crippen LogP contribution < -0.4 is 16.0 Å². The summed E-state index contributed by atoms with van der Waals surface area (Å²) in [5.41, 5.74) is -0.275. The first-order chi connectivity index (χ1) is 12.4. The zero-order valence-corrected chi connectivity index (χ0v) is 20.2. The SMILES string of the molecule is CCNC(=O)C(C)(C)CNC(=NC)NCC1(c2cccs2)CCCCC1.I. The standard InChI is InChI=1S/C20H34N4OS.HI/c1-5-22-17(25)19(2,3)14-23-18(21-4)24-15-20(11-7-6-8-12-20)16-10-9-13-26-16;/h9-10,13H,5-8,11-12,14-15H2,1-4H3,(H,22,25)(H2,21,23,24);1H. The van der Waals surface area contributed by atoms with Crippen molar-refractivity contribution in [3.8, 4) is 0 Å². The summed E-state index contributed by atoms with van der Waals surface area (Å²) in [7, 11) is 1.78. The second kappa shape index (κ2) is 11.2. The average molecular weight is 506 g/mol. The van der Waals surface area contributed by atoms with E-state index in [1.54, 1.807) is 7.05 Å². The van der Waals surface area contributed by atoms with E-state index in [4.69, 9.17) is 0 Å². The van der Waals surface area contributed by atoms with Crippen molar-refractivity contribution < 1.29 is 4.79 Å². The molecule has 0 aliphatic heterocycles. The number of aliphatic imine (C=N–C) groups is 1. The average Bonchev–Trinajstić information content (AvgIpc) is 3.18. The molecule has 1 aromatic rings. The molecule has 3 N–H and O–H groups in total. The van der Waals surface area contributed by atoms with E-state index >= 15 is 0 Å². The summed E-state index contributed by atoms with van der Waals surface area (Å²) >= 11 is 1.86. The minimum absolute atomic E-state index is 0. The van der Waals surface area contributed by atoms with Crippen molar-refractivity contribution in [1.82, 2.24) is 16.0 Å². The van der Waals surface area contributed by atoms with Crippen LogP contribution in [0.15, 0.2) is 22.5 Å². The Morgan fingerprint density at radius 3 is 2.48 bits per heavy atom. The van der Waals surface area contributed by atoms with Crippen molar-refractivity contribution in [3.63, 3.8) is 0 Å². The van der Waals surface area contributed by atoms with Gasteiger partial charge in [0, 0.05) is 37.0 Å². The van der Waals surface area contributed by atoms with Gasteiger partial charge in [0.05, 0.1) is 5.41 Å². The number of guanidine groups is 1. The Morgan fingerprint density at radius 1 is 1.22 bits per heavy atom. The van der Waals surface area contributed by atoms with Gasteiger partial charge in [0.15, 0.2) is 5.96 Å². The summed E-state index contributed by atoms with van der Waals surface area (Å²) in [6.45, 7) is 7.92. The summed E-state index contributed by atoms with van der Waals surface area (Å²) in [5, 5.41) is 11.9. The van der Waals surface area contributed by atoms with E-state index in [9.17, 15) is 4.79 Å². The van der Waals surface area contributed by atoms with Crippen LogP contribution in [0.25, 0.3) is 0 Å². The number of nitrogens with zero attached hydrogens (tertiary/aromatic N) is 1. The van der Waals surface area contributed by atoms with E-state index in [1.165, 1.54) is 37.0 Å². The topological polar surface area (TPSA) is 65.5 Å². The molecule has 27 heavy (non-hydrogen) atoms. The maximum atomic E-state index is 12.2. The molecule has 2 rings (SSSR count). The van der Waals surface area contributed by atoms with Gasteiger partial charge < -0.3 is 16.0 Å². The van der Waals surface area contributed by atoms with Gasteiger partial charge in [0.25, 0.3) is 0 Å². The minimum Gasteiger partial charge on any atom is -0.356 e. The molecule has 1 aliphatic rings. The number of carbonyl (C=O) groups is 1. The van der Waals surface area contributed by atoms with Gasteiger partial charge in [0.2, 0.25) is 5.91 Å². The Bertz CT molecular complexity index is 595. The predicted molar refractivity (Wildman–Crippen MR) is 126 cm³/mol. The molecule has 0 atom stereocenters. The zero-order chi connectivity index (χ0) is 19.0. The quantitative estimate of drug-likeness (QED) is 0.299. The molecule has 0 spiro atoms. The van der Waals surface area contributed by atoms with Crippen LogP contribution in [0.1, 0.15) is 57.8 Å². The number of amides is 1. The van der Waals surface area contributed by atoms with Crippen LogP contribution in [0.4, 0.5) is 0 Å². The Balaban J connectivity index is 0.00000364. The van der Waals surface area contributed by atoms with Gasteiger partial charge in [-0.25, -0.2) is 0 Å². The molecule has 0 saturated heterocycles. The van der Waals surface area contributed by atoms with E-state index in [2.05, 4.69) is 38.5 Å². The highest BCUT2D eigenvalue weighted by Gasteiger charge is 2.35. The molecular formula is C20H35IN4OS. The fourth-order valence-electron chi connectivity index (χ4n) is 3.58. The number of hydrogen-bond donors (Lipinski definition) is 3. The highest BCUT2D eigenvalue weighted by molar-refractivity contribution is 14.0. The van der Waals surface area contributed by atoms with Crippen LogP contribution in [-0.4, -0.2) is 38.5 Å². The van der Waals surface area contributed by atoms with Gasteiger partial charge in [-0.05, 0) is 45.1 Å². The first kappa shape index (κ1) is 24.2. The summed E-state index contributed by atoms with van der Waals surface area (Å²) in [4.78, 5) is 18.0. The Kier molecular flexibility index (Phi) is 10.1. The van der Waals surface area contributed by atoms with Gasteiger partial charge in [0.1, 0.15) is 0 Å². The fourth-order valence-corrected chi connectivity index (χ4v) is 4.56. The Hall–Kier alpha value is -0.830. The monoisotopic (exact) mass is 506 g/mol. The summed E-state index contributed by atoms with van der Waals surface area (Å²) in [5.74, 6) is 0.828. The lowest BCUT2D eigenvalue weighted by Crippen LogP contribution is -2.50. The van der Waals surface area contributed by atoms with Crippen molar-refractivity contribution in [2.24, 2.45) is 10.4 Å². The van der Waals surface area contributed by atoms with Crippen LogP contribution in [0.3, 0.4) is 0 Å². The van der Waals surface area contributed by atoms with Gasteiger partial charge >= 0.3 is 0 Å². The Labute approximate surface area is 185 Å². The molecule has 7 heteroatoms. The van der Waals surface area contributed by atoms with Crippen molar-refractivity contribution in [2.75, 3.05) is 26.7 Å². The molecule has 1 fully saturated rings. The summed E-state index contributed by atoms with van der Waals surface area (Å²) in [6.07, 6.45) is 6.36. The molecule has 1 aromatic heterocycles. The van der Waals surface area contributed by atoms with Crippen LogP contribution >= 0.6 is 35.3 Å². The molecule has 1 saturated carbocycles. The van der Waals surface area contributed by atoms with Crippen LogP contribution in [-0.2, 0) is 10.2 Å². The molecule has 0 bridgehead atoms. The minimum atomic E-state index is -0.482. The van der Waals surface area contributed by atoms with Crippen molar-refractivity contribution in [1.29, 1.82) is 0 Å². The maximum absolute atomic E-state index is 12.2. The second-order valence-electron chi connectivity index (χ2n) is 7.84. The lowest BCUT2D eigenvalue weighted by molar-refractivity contribution is -0.128. The van der Waals surface area contributed by atoms with Crippen LogP contribution in [0.5, 0.6) is 0 Å². The maximum Gasteiger partial charge on any atom is 0.227 e. The molecule has 1 amide bonds. The fraction of sp³-hybridized carbons (Fsp3) is 0.700. The highest BCUT2D eigenvalue weighted by Crippen LogP contribution is 2.41. The second-order valence-corrected chi connectivity index (χ2v) is 8.79. The normalized spacial score (nSPS) is 17.0. The Morgan fingerprint density at radius 2 is 1.93 bits per heavy atom. The first-order valence-corrected chi connectivity index (χ1v) is 10.6. The van der Waals surface area contributed by atoms with Gasteiger partial charge in [-0.3, -0.25) is 9.79 Å². The number of thiophene rings is 1. The molecule has 0 unspecified atom stereocenters. The van der Waals surface area contributed by atoms with Crippen LogP contribution in [0, 0.1) is 5.41 Å². The van der Waals surface area contributed by atoms with Crippen molar-refractivity contribution in [2.45, 2.75) is 58.3 Å². The summed E-state index contributed by atoms with van der Waals surface area (Å²) in [6, 6.07) is 4.42. The molecule has 0 radical (unpaired) electrons. The third-order valence-corrected chi connectivity index (χ3v) is 6.44. The highest BCUT2D eigenvalue weighted by atomic mass is 127. The van der Waals surface area contributed by atoms with Gasteiger partial charge in [-0.2, -0.15) is 0 Å². The number of halogens is 1. The number of carbonyl (C=O) groups excluding carboxylic acids is 1. The van der Waals surface area contributed by atoms with E-state index in [0.717, 1.165) is 12.5 Å². The smallest absolute Gasteiger partial charge is 0.227 e. The third-order valence-electron chi connectivity index (χ3n) is 5.32. The molecular weight excluding hydrogens is 471 g/mol. The summed E-state index contributed by atoms with van der Waals surface area (Å²) < 4.78 is 0. The predicted octanol–water partition coefficient (Wildman–Crippen LogP) is 3.90. The van der Waals surface area contributed by atoms with Crippen LogP contribution in [0.2, 0.25) is 0 Å². The largest absolute Gasteiger partial charge is 0.356 e. The van der Waals surface area contributed by atoms with E-state index in [-0.39, 0.29) is 35.3 Å². The van der Waals surface area contributed by atoms with Gasteiger partial charge in [-0.15, -0.1) is 35.3 Å². The first-order valence-electron chi connectivity index (χ1n) is 9.70. The van der Waals surface area contributed by atoms with E-state index in [1.807, 2.05) is 32.1 Å². The third kappa shape index (κ3) is 6.62. The van der Waals surface area contributed by atoms with E-state index < -0.39 is 5.41 Å². The number of hydrogen-bond acceptors (Lipinski definition) is 3. The molecule has 0 aromatic carbocycles. The number of nitrogens with one attached hydrogen (secondary N) is 3. The molecule has 1 aliphatic carbocycles. The van der Waals surface area contributed by atoms with E-state index in [0.29, 0.717) is 13.1 Å². The lowest BCUT2D eigenvalue weighted by Gasteiger charge is -2.37. The number of rotatable bonds is 7. The molecule has 154 valence electrons.